The van der Waals surface area contributed by atoms with Crippen molar-refractivity contribution in [2.24, 2.45) is 0 Å². The Morgan fingerprint density at radius 3 is 2.00 bits per heavy atom. The third-order valence-corrected chi connectivity index (χ3v) is 5.88. The van der Waals surface area contributed by atoms with E-state index in [4.69, 9.17) is 4.42 Å². The summed E-state index contributed by atoms with van der Waals surface area (Å²) in [6.07, 6.45) is 0. The van der Waals surface area contributed by atoms with Gasteiger partial charge >= 0.3 is 0 Å². The summed E-state index contributed by atoms with van der Waals surface area (Å²) in [4.78, 5) is 25.4. The van der Waals surface area contributed by atoms with E-state index in [0.29, 0.717) is 22.7 Å². The third kappa shape index (κ3) is 5.64. The van der Waals surface area contributed by atoms with Gasteiger partial charge in [0.05, 0.1) is 0 Å². The van der Waals surface area contributed by atoms with Gasteiger partial charge < -0.3 is 15.1 Å². The van der Waals surface area contributed by atoms with Crippen molar-refractivity contribution >= 4 is 39.1 Å². The second kappa shape index (κ2) is 9.69. The van der Waals surface area contributed by atoms with Crippen LogP contribution >= 0.6 is 15.9 Å². The predicted molar refractivity (Wildman–Crippen MR) is 139 cm³/mol. The van der Waals surface area contributed by atoms with Gasteiger partial charge in [0.15, 0.2) is 5.76 Å². The van der Waals surface area contributed by atoms with Crippen molar-refractivity contribution in [2.75, 3.05) is 10.6 Å². The number of hydrogen-bond donors (Lipinski definition) is 2. The zero-order valence-electron chi connectivity index (χ0n) is 19.2. The average molecular weight is 517 g/mol. The van der Waals surface area contributed by atoms with Crippen LogP contribution in [0.1, 0.15) is 47.2 Å². The number of halogens is 1. The summed E-state index contributed by atoms with van der Waals surface area (Å²) in [5.74, 6) is 0.223. The lowest BCUT2D eigenvalue weighted by atomic mass is 9.87. The highest BCUT2D eigenvalue weighted by Gasteiger charge is 2.15. The number of nitrogens with one attached hydrogen (secondary N) is 2. The molecule has 6 heteroatoms. The molecule has 0 aliphatic heterocycles. The van der Waals surface area contributed by atoms with Gasteiger partial charge in [-0.2, -0.15) is 0 Å². The fourth-order valence-corrected chi connectivity index (χ4v) is 3.69. The smallest absolute Gasteiger partial charge is 0.291 e. The lowest BCUT2D eigenvalue weighted by molar-refractivity contribution is 0.0995. The number of anilines is 2. The second-order valence-electron chi connectivity index (χ2n) is 8.99. The van der Waals surface area contributed by atoms with E-state index in [-0.39, 0.29) is 23.0 Å². The van der Waals surface area contributed by atoms with Gasteiger partial charge in [-0.15, -0.1) is 0 Å². The van der Waals surface area contributed by atoms with Crippen LogP contribution in [-0.2, 0) is 5.41 Å². The van der Waals surface area contributed by atoms with Crippen LogP contribution in [0.2, 0.25) is 0 Å². The van der Waals surface area contributed by atoms with Gasteiger partial charge in [0.25, 0.3) is 11.8 Å². The molecular formula is C28H25BrN2O3. The van der Waals surface area contributed by atoms with Crippen LogP contribution in [0.5, 0.6) is 0 Å². The molecule has 0 spiro atoms. The lowest BCUT2D eigenvalue weighted by Gasteiger charge is -2.19. The first-order valence-corrected chi connectivity index (χ1v) is 11.7. The summed E-state index contributed by atoms with van der Waals surface area (Å²) in [6, 6.07) is 25.6. The standard InChI is InChI=1S/C28H25BrN2O3/c1-28(2,3)20-11-7-19(8-12-20)26(32)30-22-5-4-6-23(17-22)31-27(33)25-16-15-24(34-25)18-9-13-21(29)14-10-18/h4-17H,1-3H3,(H,30,32)(H,31,33). The minimum absolute atomic E-state index is 0.0224. The topological polar surface area (TPSA) is 71.3 Å². The van der Waals surface area contributed by atoms with E-state index in [9.17, 15) is 9.59 Å². The first kappa shape index (κ1) is 23.5. The molecule has 1 heterocycles. The molecule has 172 valence electrons. The summed E-state index contributed by atoms with van der Waals surface area (Å²) >= 11 is 3.41. The largest absolute Gasteiger partial charge is 0.451 e. The number of carbonyl (C=O) groups is 2. The predicted octanol–water partition coefficient (Wildman–Crippen LogP) is 7.51. The maximum absolute atomic E-state index is 12.7. The molecule has 34 heavy (non-hydrogen) atoms. The quantitative estimate of drug-likeness (QED) is 0.288. The molecule has 3 aromatic carbocycles. The van der Waals surface area contributed by atoms with Crippen molar-refractivity contribution in [3.8, 4) is 11.3 Å². The number of amides is 2. The fourth-order valence-electron chi connectivity index (χ4n) is 3.42. The van der Waals surface area contributed by atoms with Crippen LogP contribution < -0.4 is 10.6 Å². The monoisotopic (exact) mass is 516 g/mol. The molecule has 0 fully saturated rings. The van der Waals surface area contributed by atoms with Crippen molar-refractivity contribution in [1.82, 2.24) is 0 Å². The molecule has 0 saturated heterocycles. The molecule has 4 aromatic rings. The van der Waals surface area contributed by atoms with Gasteiger partial charge in [-0.25, -0.2) is 0 Å². The highest BCUT2D eigenvalue weighted by molar-refractivity contribution is 9.10. The van der Waals surface area contributed by atoms with Crippen molar-refractivity contribution in [3.05, 3.63) is 106 Å². The van der Waals surface area contributed by atoms with E-state index in [1.807, 2.05) is 48.5 Å². The first-order chi connectivity index (χ1) is 16.2. The van der Waals surface area contributed by atoms with Gasteiger partial charge in [-0.3, -0.25) is 9.59 Å². The maximum Gasteiger partial charge on any atom is 0.291 e. The Labute approximate surface area is 207 Å². The molecule has 4 rings (SSSR count). The van der Waals surface area contributed by atoms with E-state index < -0.39 is 0 Å². The van der Waals surface area contributed by atoms with E-state index in [1.54, 1.807) is 36.4 Å². The van der Waals surface area contributed by atoms with Crippen LogP contribution in [0.25, 0.3) is 11.3 Å². The molecular weight excluding hydrogens is 492 g/mol. The third-order valence-electron chi connectivity index (χ3n) is 5.35. The average Bonchev–Trinajstić information content (AvgIpc) is 3.30. The molecule has 0 saturated carbocycles. The SMILES string of the molecule is CC(C)(C)c1ccc(C(=O)Nc2cccc(NC(=O)c3ccc(-c4ccc(Br)cc4)o3)c2)cc1. The fraction of sp³-hybridized carbons (Fsp3) is 0.143. The zero-order valence-corrected chi connectivity index (χ0v) is 20.8. The van der Waals surface area contributed by atoms with Crippen molar-refractivity contribution in [1.29, 1.82) is 0 Å². The summed E-state index contributed by atoms with van der Waals surface area (Å²) in [5.41, 5.74) is 3.76. The van der Waals surface area contributed by atoms with Crippen molar-refractivity contribution < 1.29 is 14.0 Å². The number of furan rings is 1. The van der Waals surface area contributed by atoms with Crippen LogP contribution in [0.15, 0.2) is 93.8 Å². The minimum Gasteiger partial charge on any atom is -0.451 e. The molecule has 0 aliphatic carbocycles. The zero-order chi connectivity index (χ0) is 24.3. The molecule has 0 unspecified atom stereocenters. The van der Waals surface area contributed by atoms with E-state index in [1.165, 1.54) is 0 Å². The van der Waals surface area contributed by atoms with Crippen molar-refractivity contribution in [3.63, 3.8) is 0 Å². The Bertz CT molecular complexity index is 1320. The van der Waals surface area contributed by atoms with Crippen LogP contribution in [0, 0.1) is 0 Å². The summed E-state index contributed by atoms with van der Waals surface area (Å²) in [7, 11) is 0. The second-order valence-corrected chi connectivity index (χ2v) is 9.90. The van der Waals surface area contributed by atoms with Crippen LogP contribution in [0.4, 0.5) is 11.4 Å². The van der Waals surface area contributed by atoms with Gasteiger partial charge in [-0.1, -0.05) is 67.0 Å². The van der Waals surface area contributed by atoms with Gasteiger partial charge in [-0.05, 0) is 65.6 Å². The number of rotatable bonds is 5. The Kier molecular flexibility index (Phi) is 6.70. The van der Waals surface area contributed by atoms with E-state index in [0.717, 1.165) is 15.6 Å². The Balaban J connectivity index is 1.42. The Morgan fingerprint density at radius 1 is 0.765 bits per heavy atom. The minimum atomic E-state index is -0.371. The molecule has 0 bridgehead atoms. The summed E-state index contributed by atoms with van der Waals surface area (Å²) in [5, 5.41) is 5.70. The first-order valence-electron chi connectivity index (χ1n) is 10.9. The summed E-state index contributed by atoms with van der Waals surface area (Å²) < 4.78 is 6.70. The Morgan fingerprint density at radius 2 is 1.38 bits per heavy atom. The highest BCUT2D eigenvalue weighted by Crippen LogP contribution is 2.25. The molecule has 0 aliphatic rings. The van der Waals surface area contributed by atoms with Crippen LogP contribution in [-0.4, -0.2) is 11.8 Å². The molecule has 5 nitrogen and oxygen atoms in total. The van der Waals surface area contributed by atoms with Gasteiger partial charge in [0, 0.05) is 27.0 Å². The number of hydrogen-bond acceptors (Lipinski definition) is 3. The maximum atomic E-state index is 12.7. The van der Waals surface area contributed by atoms with E-state index >= 15 is 0 Å². The molecule has 0 atom stereocenters. The number of carbonyl (C=O) groups excluding carboxylic acids is 2. The lowest BCUT2D eigenvalue weighted by Crippen LogP contribution is -2.15. The highest BCUT2D eigenvalue weighted by atomic mass is 79.9. The van der Waals surface area contributed by atoms with Gasteiger partial charge in [0.1, 0.15) is 5.76 Å². The Hall–Kier alpha value is -3.64. The van der Waals surface area contributed by atoms with Gasteiger partial charge in [0.2, 0.25) is 0 Å². The normalized spacial score (nSPS) is 11.2. The molecule has 1 aromatic heterocycles. The molecule has 2 N–H and O–H groups in total. The van der Waals surface area contributed by atoms with Crippen molar-refractivity contribution in [2.45, 2.75) is 26.2 Å². The molecule has 2 amide bonds. The molecule has 0 radical (unpaired) electrons. The number of benzene rings is 3. The van der Waals surface area contributed by atoms with Crippen LogP contribution in [0.3, 0.4) is 0 Å². The van der Waals surface area contributed by atoms with E-state index in [2.05, 4.69) is 47.3 Å². The summed E-state index contributed by atoms with van der Waals surface area (Å²) in [6.45, 7) is 6.39.